The number of rotatable bonds is 7. The van der Waals surface area contributed by atoms with Crippen LogP contribution in [0.2, 0.25) is 0 Å². The standard InChI is InChI=1S/C22H24BrN5O3S/c1-15(14-29)27-32(30,31)17-8-10-22(2,11-9-17)26-20-12-19(16-6-4-3-5-7-16)25-21-18(23)13-24-28(20)21/h3-10,12-13,15,26-27,29H,11,14H2,1-2H3/t15?,22-/m0/s1. The van der Waals surface area contributed by atoms with Crippen LogP contribution in [0.4, 0.5) is 5.82 Å². The minimum absolute atomic E-state index is 0.184. The van der Waals surface area contributed by atoms with Gasteiger partial charge in [0.15, 0.2) is 5.65 Å². The number of hydrogen-bond donors (Lipinski definition) is 3. The van der Waals surface area contributed by atoms with Crippen LogP contribution in [-0.4, -0.2) is 46.3 Å². The molecular formula is C22H24BrN5O3S. The molecule has 0 saturated carbocycles. The summed E-state index contributed by atoms with van der Waals surface area (Å²) in [5, 5.41) is 17.1. The van der Waals surface area contributed by atoms with Crippen molar-refractivity contribution >= 4 is 37.4 Å². The molecule has 0 spiro atoms. The number of aromatic nitrogens is 3. The van der Waals surface area contributed by atoms with E-state index in [0.717, 1.165) is 21.5 Å². The molecule has 0 saturated heterocycles. The van der Waals surface area contributed by atoms with Crippen LogP contribution in [0.5, 0.6) is 0 Å². The Balaban J connectivity index is 1.64. The molecule has 0 aliphatic heterocycles. The van der Waals surface area contributed by atoms with Gasteiger partial charge in [0.25, 0.3) is 0 Å². The molecule has 168 valence electrons. The van der Waals surface area contributed by atoms with E-state index in [0.29, 0.717) is 12.1 Å². The lowest BCUT2D eigenvalue weighted by molar-refractivity contribution is 0.265. The number of halogens is 1. The van der Waals surface area contributed by atoms with Crippen LogP contribution in [0, 0.1) is 0 Å². The van der Waals surface area contributed by atoms with Crippen molar-refractivity contribution in [3.8, 4) is 11.3 Å². The molecule has 8 nitrogen and oxygen atoms in total. The Kier molecular flexibility index (Phi) is 6.22. The summed E-state index contributed by atoms with van der Waals surface area (Å²) in [4.78, 5) is 4.92. The monoisotopic (exact) mass is 517 g/mol. The highest BCUT2D eigenvalue weighted by Crippen LogP contribution is 2.31. The topological polar surface area (TPSA) is 109 Å². The van der Waals surface area contributed by atoms with E-state index in [-0.39, 0.29) is 11.5 Å². The Hall–Kier alpha value is -2.53. The minimum Gasteiger partial charge on any atom is -0.395 e. The van der Waals surface area contributed by atoms with E-state index >= 15 is 0 Å². The van der Waals surface area contributed by atoms with E-state index < -0.39 is 21.6 Å². The number of aliphatic hydroxyl groups excluding tert-OH is 1. The molecule has 1 unspecified atom stereocenters. The van der Waals surface area contributed by atoms with Crippen LogP contribution in [0.1, 0.15) is 20.3 Å². The molecule has 1 aromatic carbocycles. The van der Waals surface area contributed by atoms with Crippen molar-refractivity contribution in [2.45, 2.75) is 31.8 Å². The van der Waals surface area contributed by atoms with Crippen molar-refractivity contribution in [2.75, 3.05) is 11.9 Å². The van der Waals surface area contributed by atoms with Crippen molar-refractivity contribution < 1.29 is 13.5 Å². The summed E-state index contributed by atoms with van der Waals surface area (Å²) in [6.45, 7) is 3.33. The Morgan fingerprint density at radius 2 is 2.06 bits per heavy atom. The zero-order valence-corrected chi connectivity index (χ0v) is 20.1. The number of benzene rings is 1. The molecule has 3 aromatic rings. The van der Waals surface area contributed by atoms with Crippen LogP contribution < -0.4 is 10.0 Å². The summed E-state index contributed by atoms with van der Waals surface area (Å²) < 4.78 is 30.0. The third kappa shape index (κ3) is 4.63. The summed E-state index contributed by atoms with van der Waals surface area (Å²) in [5.74, 6) is 0.735. The number of anilines is 1. The molecule has 0 amide bonds. The number of nitrogens with zero attached hydrogens (tertiary/aromatic N) is 3. The van der Waals surface area contributed by atoms with Gasteiger partial charge in [-0.05, 0) is 42.3 Å². The van der Waals surface area contributed by atoms with Gasteiger partial charge in [-0.15, -0.1) is 0 Å². The quantitative estimate of drug-likeness (QED) is 0.442. The van der Waals surface area contributed by atoms with E-state index in [1.54, 1.807) is 29.8 Å². The number of fused-ring (bicyclic) bond motifs is 1. The lowest BCUT2D eigenvalue weighted by atomic mass is 9.93. The third-order valence-corrected chi connectivity index (χ3v) is 7.39. The van der Waals surface area contributed by atoms with Gasteiger partial charge in [0.2, 0.25) is 10.0 Å². The molecule has 0 radical (unpaired) electrons. The molecule has 2 heterocycles. The van der Waals surface area contributed by atoms with Gasteiger partial charge in [0.05, 0.1) is 33.4 Å². The molecule has 0 fully saturated rings. The van der Waals surface area contributed by atoms with E-state index in [4.69, 9.17) is 10.1 Å². The van der Waals surface area contributed by atoms with Crippen LogP contribution in [0.3, 0.4) is 0 Å². The second-order valence-electron chi connectivity index (χ2n) is 8.01. The largest absolute Gasteiger partial charge is 0.395 e. The fourth-order valence-corrected chi connectivity index (χ4v) is 5.09. The van der Waals surface area contributed by atoms with Crippen molar-refractivity contribution in [1.29, 1.82) is 0 Å². The number of allylic oxidation sites excluding steroid dienone is 1. The summed E-state index contributed by atoms with van der Waals surface area (Å²) in [7, 11) is -3.69. The van der Waals surface area contributed by atoms with Gasteiger partial charge in [-0.1, -0.05) is 42.5 Å². The maximum atomic E-state index is 12.5. The predicted octanol–water partition coefficient (Wildman–Crippen LogP) is 3.47. The zero-order valence-electron chi connectivity index (χ0n) is 17.7. The average molecular weight is 518 g/mol. The van der Waals surface area contributed by atoms with Gasteiger partial charge >= 0.3 is 0 Å². The Morgan fingerprint density at radius 3 is 2.72 bits per heavy atom. The van der Waals surface area contributed by atoms with E-state index in [2.05, 4.69) is 31.1 Å². The first kappa shape index (κ1) is 22.7. The minimum atomic E-state index is -3.69. The van der Waals surface area contributed by atoms with Crippen LogP contribution in [-0.2, 0) is 10.0 Å². The lowest BCUT2D eigenvalue weighted by Crippen LogP contribution is -2.38. The second kappa shape index (κ2) is 8.78. The maximum absolute atomic E-state index is 12.5. The van der Waals surface area contributed by atoms with Crippen LogP contribution in [0.15, 0.2) is 70.2 Å². The SMILES string of the molecule is CC(CO)NS(=O)(=O)C1=CC[C@@](C)(Nc2cc(-c3ccccc3)nc3c(Br)cnn23)C=C1. The van der Waals surface area contributed by atoms with Gasteiger partial charge in [0.1, 0.15) is 5.82 Å². The fraction of sp³-hybridized carbons (Fsp3) is 0.273. The van der Waals surface area contributed by atoms with E-state index in [9.17, 15) is 8.42 Å². The first-order chi connectivity index (χ1) is 15.2. The number of sulfonamides is 1. The first-order valence-corrected chi connectivity index (χ1v) is 12.4. The molecule has 3 N–H and O–H groups in total. The number of hydrogen-bond acceptors (Lipinski definition) is 6. The highest BCUT2D eigenvalue weighted by molar-refractivity contribution is 9.10. The van der Waals surface area contributed by atoms with Crippen molar-refractivity contribution in [3.05, 3.63) is 70.2 Å². The third-order valence-electron chi connectivity index (χ3n) is 5.20. The van der Waals surface area contributed by atoms with Crippen LogP contribution in [0.25, 0.3) is 16.9 Å². The summed E-state index contributed by atoms with van der Waals surface area (Å²) in [6.07, 6.45) is 7.23. The van der Waals surface area contributed by atoms with Gasteiger partial charge in [-0.2, -0.15) is 9.61 Å². The highest BCUT2D eigenvalue weighted by Gasteiger charge is 2.28. The van der Waals surface area contributed by atoms with Crippen molar-refractivity contribution in [3.63, 3.8) is 0 Å². The summed E-state index contributed by atoms with van der Waals surface area (Å²) in [6, 6.07) is 11.2. The fourth-order valence-electron chi connectivity index (χ4n) is 3.45. The summed E-state index contributed by atoms with van der Waals surface area (Å²) >= 11 is 3.51. The van der Waals surface area contributed by atoms with Crippen LogP contribution >= 0.6 is 15.9 Å². The molecule has 1 aliphatic rings. The maximum Gasteiger partial charge on any atom is 0.240 e. The van der Waals surface area contributed by atoms with Gasteiger partial charge < -0.3 is 10.4 Å². The van der Waals surface area contributed by atoms with Gasteiger partial charge in [-0.25, -0.2) is 18.1 Å². The zero-order chi connectivity index (χ0) is 22.9. The normalized spacial score (nSPS) is 19.7. The number of aliphatic hydroxyl groups is 1. The highest BCUT2D eigenvalue weighted by atomic mass is 79.9. The molecule has 10 heteroatoms. The summed E-state index contributed by atoms with van der Waals surface area (Å²) in [5.41, 5.74) is 1.92. The Bertz CT molecular complexity index is 1300. The average Bonchev–Trinajstić information content (AvgIpc) is 3.15. The van der Waals surface area contributed by atoms with E-state index in [1.165, 1.54) is 0 Å². The second-order valence-corrected chi connectivity index (χ2v) is 10.6. The lowest BCUT2D eigenvalue weighted by Gasteiger charge is -2.30. The Labute approximate surface area is 195 Å². The molecule has 32 heavy (non-hydrogen) atoms. The molecule has 2 atom stereocenters. The van der Waals surface area contributed by atoms with E-state index in [1.807, 2.05) is 49.4 Å². The molecular weight excluding hydrogens is 494 g/mol. The van der Waals surface area contributed by atoms with Gasteiger partial charge in [0, 0.05) is 17.7 Å². The molecule has 1 aliphatic carbocycles. The number of nitrogens with one attached hydrogen (secondary N) is 2. The predicted molar refractivity (Wildman–Crippen MR) is 129 cm³/mol. The Morgan fingerprint density at radius 1 is 1.31 bits per heavy atom. The van der Waals surface area contributed by atoms with Crippen molar-refractivity contribution in [1.82, 2.24) is 19.3 Å². The first-order valence-electron chi connectivity index (χ1n) is 10.1. The molecule has 0 bridgehead atoms. The molecule has 2 aromatic heterocycles. The van der Waals surface area contributed by atoms with Crippen molar-refractivity contribution in [2.24, 2.45) is 0 Å². The van der Waals surface area contributed by atoms with Gasteiger partial charge in [-0.3, -0.25) is 0 Å². The smallest absolute Gasteiger partial charge is 0.240 e. The molecule has 4 rings (SSSR count).